The minimum absolute atomic E-state index is 0.0618. The summed E-state index contributed by atoms with van der Waals surface area (Å²) in [4.78, 5) is 11.7. The third-order valence-corrected chi connectivity index (χ3v) is 3.33. The van der Waals surface area contributed by atoms with Gasteiger partial charge in [-0.2, -0.15) is 13.2 Å². The van der Waals surface area contributed by atoms with Gasteiger partial charge < -0.3 is 10.1 Å². The predicted octanol–water partition coefficient (Wildman–Crippen LogP) is 3.41. The number of thiocarbonyl (C=S) groups is 1. The Hall–Kier alpha value is -2.81. The number of rotatable bonds is 4. The molecule has 1 amide bonds. The molecule has 9 heteroatoms. The zero-order valence-corrected chi connectivity index (χ0v) is 14.5. The van der Waals surface area contributed by atoms with E-state index in [0.29, 0.717) is 5.75 Å². The highest BCUT2D eigenvalue weighted by molar-refractivity contribution is 7.80. The number of hydrogen-bond acceptors (Lipinski definition) is 3. The van der Waals surface area contributed by atoms with Gasteiger partial charge in [0, 0.05) is 5.69 Å². The fourth-order valence-corrected chi connectivity index (χ4v) is 2.12. The SMILES string of the molecule is Cc1cccc(OCC(=O)NNC(=S)Nc2cccc(C(F)(F)F)c2)c1. The van der Waals surface area contributed by atoms with Crippen LogP contribution in [0.25, 0.3) is 0 Å². The monoisotopic (exact) mass is 383 g/mol. The molecule has 3 N–H and O–H groups in total. The van der Waals surface area contributed by atoms with E-state index in [0.717, 1.165) is 17.7 Å². The van der Waals surface area contributed by atoms with Crippen LogP contribution in [-0.4, -0.2) is 17.6 Å². The quantitative estimate of drug-likeness (QED) is 0.558. The van der Waals surface area contributed by atoms with Gasteiger partial charge in [-0.3, -0.25) is 15.6 Å². The van der Waals surface area contributed by atoms with Crippen molar-refractivity contribution in [1.29, 1.82) is 0 Å². The van der Waals surface area contributed by atoms with Gasteiger partial charge >= 0.3 is 6.18 Å². The fraction of sp³-hybridized carbons (Fsp3) is 0.176. The number of aryl methyl sites for hydroxylation is 1. The van der Waals surface area contributed by atoms with E-state index in [1.54, 1.807) is 18.2 Å². The molecule has 0 radical (unpaired) electrons. The van der Waals surface area contributed by atoms with Crippen LogP contribution in [0.3, 0.4) is 0 Å². The number of hydrazine groups is 1. The first-order chi connectivity index (χ1) is 12.2. The van der Waals surface area contributed by atoms with Crippen LogP contribution in [0.1, 0.15) is 11.1 Å². The number of alkyl halides is 3. The van der Waals surface area contributed by atoms with Crippen LogP contribution in [0.15, 0.2) is 48.5 Å². The highest BCUT2D eigenvalue weighted by atomic mass is 32.1. The summed E-state index contributed by atoms with van der Waals surface area (Å²) in [6.45, 7) is 1.65. The molecule has 5 nitrogen and oxygen atoms in total. The highest BCUT2D eigenvalue weighted by Crippen LogP contribution is 2.30. The summed E-state index contributed by atoms with van der Waals surface area (Å²) in [6.07, 6.45) is -4.45. The molecule has 0 aromatic heterocycles. The van der Waals surface area contributed by atoms with Crippen LogP contribution in [0.4, 0.5) is 18.9 Å². The maximum absolute atomic E-state index is 12.7. The second kappa shape index (κ2) is 8.52. The van der Waals surface area contributed by atoms with Gasteiger partial charge in [0.25, 0.3) is 5.91 Å². The first-order valence-electron chi connectivity index (χ1n) is 7.46. The number of carbonyl (C=O) groups is 1. The summed E-state index contributed by atoms with van der Waals surface area (Å²) in [6, 6.07) is 11.7. The molecule has 0 bridgehead atoms. The zero-order valence-electron chi connectivity index (χ0n) is 13.7. The first-order valence-corrected chi connectivity index (χ1v) is 7.87. The molecular weight excluding hydrogens is 367 g/mol. The largest absolute Gasteiger partial charge is 0.484 e. The van der Waals surface area contributed by atoms with E-state index >= 15 is 0 Å². The molecule has 0 aliphatic rings. The summed E-state index contributed by atoms with van der Waals surface area (Å²) < 4.78 is 43.3. The van der Waals surface area contributed by atoms with E-state index < -0.39 is 17.6 Å². The highest BCUT2D eigenvalue weighted by Gasteiger charge is 2.30. The molecule has 0 fully saturated rings. The summed E-state index contributed by atoms with van der Waals surface area (Å²) in [5.74, 6) is 0.0458. The van der Waals surface area contributed by atoms with Crippen LogP contribution >= 0.6 is 12.2 Å². The van der Waals surface area contributed by atoms with Crippen molar-refractivity contribution >= 4 is 28.9 Å². The number of benzene rings is 2. The first kappa shape index (κ1) is 19.5. The van der Waals surface area contributed by atoms with E-state index in [4.69, 9.17) is 17.0 Å². The zero-order chi connectivity index (χ0) is 19.2. The van der Waals surface area contributed by atoms with Crippen molar-refractivity contribution in [1.82, 2.24) is 10.9 Å². The Morgan fingerprint density at radius 2 is 1.85 bits per heavy atom. The van der Waals surface area contributed by atoms with Crippen LogP contribution in [0.5, 0.6) is 5.75 Å². The maximum atomic E-state index is 12.7. The molecule has 0 aliphatic heterocycles. The van der Waals surface area contributed by atoms with Gasteiger partial charge in [-0.1, -0.05) is 18.2 Å². The molecule has 0 saturated carbocycles. The lowest BCUT2D eigenvalue weighted by molar-refractivity contribution is -0.137. The number of amides is 1. The van der Waals surface area contributed by atoms with Crippen molar-refractivity contribution in [2.24, 2.45) is 0 Å². The second-order valence-electron chi connectivity index (χ2n) is 5.31. The third kappa shape index (κ3) is 6.25. The molecule has 0 atom stereocenters. The summed E-state index contributed by atoms with van der Waals surface area (Å²) in [7, 11) is 0. The molecule has 0 aliphatic carbocycles. The minimum atomic E-state index is -4.45. The standard InChI is InChI=1S/C17H16F3N3O2S/c1-11-4-2-7-14(8-11)25-10-15(24)22-23-16(26)21-13-6-3-5-12(9-13)17(18,19)20/h2-9H,10H2,1H3,(H,22,24)(H2,21,23,26). The number of hydrogen-bond donors (Lipinski definition) is 3. The van der Waals surface area contributed by atoms with E-state index in [2.05, 4.69) is 16.2 Å². The van der Waals surface area contributed by atoms with E-state index in [1.165, 1.54) is 12.1 Å². The van der Waals surface area contributed by atoms with Crippen molar-refractivity contribution < 1.29 is 22.7 Å². The topological polar surface area (TPSA) is 62.4 Å². The number of halogens is 3. The normalized spacial score (nSPS) is 10.8. The Balaban J connectivity index is 1.78. The Bertz CT molecular complexity index is 797. The van der Waals surface area contributed by atoms with E-state index in [-0.39, 0.29) is 17.4 Å². The molecule has 26 heavy (non-hydrogen) atoms. The van der Waals surface area contributed by atoms with Crippen molar-refractivity contribution in [3.05, 3.63) is 59.7 Å². The van der Waals surface area contributed by atoms with Gasteiger partial charge in [-0.05, 0) is 55.0 Å². The van der Waals surface area contributed by atoms with Gasteiger partial charge in [0.15, 0.2) is 11.7 Å². The van der Waals surface area contributed by atoms with Crippen molar-refractivity contribution in [3.8, 4) is 5.75 Å². The van der Waals surface area contributed by atoms with Gasteiger partial charge in [0.1, 0.15) is 5.75 Å². The van der Waals surface area contributed by atoms with Gasteiger partial charge in [-0.15, -0.1) is 0 Å². The van der Waals surface area contributed by atoms with Crippen LogP contribution in [0, 0.1) is 6.92 Å². The second-order valence-corrected chi connectivity index (χ2v) is 5.72. The molecule has 2 aromatic rings. The molecule has 0 unspecified atom stereocenters. The van der Waals surface area contributed by atoms with Gasteiger partial charge in [0.05, 0.1) is 5.56 Å². The number of anilines is 1. The average Bonchev–Trinajstić information content (AvgIpc) is 2.58. The Morgan fingerprint density at radius 1 is 1.12 bits per heavy atom. The number of ether oxygens (including phenoxy) is 1. The smallest absolute Gasteiger partial charge is 0.416 e. The lowest BCUT2D eigenvalue weighted by Crippen LogP contribution is -2.45. The van der Waals surface area contributed by atoms with Crippen molar-refractivity contribution in [2.45, 2.75) is 13.1 Å². The number of nitrogens with one attached hydrogen (secondary N) is 3. The molecule has 2 rings (SSSR count). The Kier molecular flexibility index (Phi) is 6.40. The van der Waals surface area contributed by atoms with Crippen LogP contribution in [0.2, 0.25) is 0 Å². The maximum Gasteiger partial charge on any atom is 0.416 e. The molecule has 0 spiro atoms. The minimum Gasteiger partial charge on any atom is -0.484 e. The molecule has 0 heterocycles. The van der Waals surface area contributed by atoms with Gasteiger partial charge in [-0.25, -0.2) is 0 Å². The molecule has 138 valence electrons. The van der Waals surface area contributed by atoms with Crippen LogP contribution in [-0.2, 0) is 11.0 Å². The number of carbonyl (C=O) groups excluding carboxylic acids is 1. The Labute approximate surface area is 153 Å². The van der Waals surface area contributed by atoms with Crippen LogP contribution < -0.4 is 20.9 Å². The average molecular weight is 383 g/mol. The fourth-order valence-electron chi connectivity index (χ4n) is 1.95. The van der Waals surface area contributed by atoms with Crippen molar-refractivity contribution in [2.75, 3.05) is 11.9 Å². The summed E-state index contributed by atoms with van der Waals surface area (Å²) >= 11 is 4.93. The van der Waals surface area contributed by atoms with Crippen molar-refractivity contribution in [3.63, 3.8) is 0 Å². The third-order valence-electron chi connectivity index (χ3n) is 3.12. The van der Waals surface area contributed by atoms with Gasteiger partial charge in [0.2, 0.25) is 0 Å². The molecule has 0 saturated heterocycles. The summed E-state index contributed by atoms with van der Waals surface area (Å²) in [5.41, 5.74) is 5.02. The van der Waals surface area contributed by atoms with E-state index in [1.807, 2.05) is 13.0 Å². The Morgan fingerprint density at radius 3 is 2.54 bits per heavy atom. The predicted molar refractivity (Wildman–Crippen MR) is 95.6 cm³/mol. The molecule has 2 aromatic carbocycles. The molecular formula is C17H16F3N3O2S. The lowest BCUT2D eigenvalue weighted by atomic mass is 10.2. The lowest BCUT2D eigenvalue weighted by Gasteiger charge is -2.13. The van der Waals surface area contributed by atoms with E-state index in [9.17, 15) is 18.0 Å². The summed E-state index contributed by atoms with van der Waals surface area (Å²) in [5, 5.41) is 2.49.